The number of benzene rings is 2. The van der Waals surface area contributed by atoms with Crippen LogP contribution in [0.4, 0.5) is 11.4 Å². The lowest BCUT2D eigenvalue weighted by Gasteiger charge is -2.19. The van der Waals surface area contributed by atoms with E-state index < -0.39 is 0 Å². The highest BCUT2D eigenvalue weighted by Gasteiger charge is 2.20. The molecule has 8 heteroatoms. The molecule has 4 aromatic rings. The molecule has 0 radical (unpaired) electrons. The number of hydrogen-bond acceptors (Lipinski definition) is 5. The third-order valence-corrected chi connectivity index (χ3v) is 4.93. The van der Waals surface area contributed by atoms with Gasteiger partial charge in [0.1, 0.15) is 0 Å². The van der Waals surface area contributed by atoms with Gasteiger partial charge in [-0.05, 0) is 43.3 Å². The number of nitrogens with one attached hydrogen (secondary N) is 1. The molecule has 1 N–H and O–H groups in total. The van der Waals surface area contributed by atoms with E-state index in [2.05, 4.69) is 20.6 Å². The van der Waals surface area contributed by atoms with E-state index in [1.165, 1.54) is 0 Å². The van der Waals surface area contributed by atoms with Gasteiger partial charge in [0, 0.05) is 25.7 Å². The van der Waals surface area contributed by atoms with E-state index in [1.54, 1.807) is 29.1 Å². The zero-order valence-electron chi connectivity index (χ0n) is 16.2. The first-order valence-electron chi connectivity index (χ1n) is 9.00. The van der Waals surface area contributed by atoms with Crippen LogP contribution in [0.1, 0.15) is 16.2 Å². The van der Waals surface area contributed by atoms with Gasteiger partial charge in [0.25, 0.3) is 5.91 Å². The lowest BCUT2D eigenvalue weighted by atomic mass is 10.2. The van der Waals surface area contributed by atoms with E-state index in [-0.39, 0.29) is 11.6 Å². The van der Waals surface area contributed by atoms with Crippen molar-refractivity contribution in [1.29, 1.82) is 0 Å². The van der Waals surface area contributed by atoms with Crippen LogP contribution in [0.25, 0.3) is 16.6 Å². The highest BCUT2D eigenvalue weighted by Crippen LogP contribution is 2.32. The third-order valence-electron chi connectivity index (χ3n) is 4.62. The van der Waals surface area contributed by atoms with Gasteiger partial charge in [-0.15, -0.1) is 5.10 Å². The summed E-state index contributed by atoms with van der Waals surface area (Å²) < 4.78 is 1.65. The van der Waals surface area contributed by atoms with E-state index >= 15 is 0 Å². The Labute approximate surface area is 172 Å². The average Bonchev–Trinajstić information content (AvgIpc) is 3.09. The van der Waals surface area contributed by atoms with Crippen LogP contribution in [0.2, 0.25) is 5.02 Å². The van der Waals surface area contributed by atoms with Crippen LogP contribution in [0.15, 0.2) is 54.7 Å². The van der Waals surface area contributed by atoms with E-state index in [0.29, 0.717) is 16.4 Å². The summed E-state index contributed by atoms with van der Waals surface area (Å²) in [6.07, 6.45) is 1.75. The Kier molecular flexibility index (Phi) is 4.90. The van der Waals surface area contributed by atoms with Gasteiger partial charge in [0.2, 0.25) is 0 Å². The average molecular weight is 407 g/mol. The molecule has 2 aromatic heterocycles. The van der Waals surface area contributed by atoms with Crippen LogP contribution in [-0.4, -0.2) is 40.0 Å². The Morgan fingerprint density at radius 2 is 1.97 bits per heavy atom. The molecule has 0 spiro atoms. The smallest absolute Gasteiger partial charge is 0.278 e. The van der Waals surface area contributed by atoms with E-state index in [0.717, 1.165) is 22.3 Å². The number of amides is 1. The van der Waals surface area contributed by atoms with Crippen LogP contribution in [-0.2, 0) is 0 Å². The van der Waals surface area contributed by atoms with Crippen molar-refractivity contribution in [3.05, 3.63) is 71.1 Å². The Bertz CT molecular complexity index is 1220. The standard InChI is InChI=1S/C21H19ClN6O/c1-13-19(21(29)24-18-8-4-7-16(22)20(18)27(2)3)25-26-28(13)15-9-10-17-14(12-15)6-5-11-23-17/h4-12H,1-3H3,(H,24,29). The quantitative estimate of drug-likeness (QED) is 0.552. The summed E-state index contributed by atoms with van der Waals surface area (Å²) in [6.45, 7) is 1.81. The van der Waals surface area contributed by atoms with Gasteiger partial charge in [0.05, 0.1) is 33.3 Å². The molecule has 146 valence electrons. The summed E-state index contributed by atoms with van der Waals surface area (Å²) in [5, 5.41) is 12.7. The minimum atomic E-state index is -0.346. The first-order chi connectivity index (χ1) is 14.0. The maximum Gasteiger partial charge on any atom is 0.278 e. The number of halogens is 1. The number of pyridine rings is 1. The Morgan fingerprint density at radius 3 is 2.76 bits per heavy atom. The van der Waals surface area contributed by atoms with Crippen molar-refractivity contribution in [2.75, 3.05) is 24.3 Å². The number of fused-ring (bicyclic) bond motifs is 1. The van der Waals surface area contributed by atoms with Crippen molar-refractivity contribution in [1.82, 2.24) is 20.0 Å². The van der Waals surface area contributed by atoms with Gasteiger partial charge in [0.15, 0.2) is 5.69 Å². The zero-order valence-corrected chi connectivity index (χ0v) is 17.0. The lowest BCUT2D eigenvalue weighted by Crippen LogP contribution is -2.18. The summed E-state index contributed by atoms with van der Waals surface area (Å²) in [7, 11) is 3.74. The fourth-order valence-corrected chi connectivity index (χ4v) is 3.57. The molecule has 7 nitrogen and oxygen atoms in total. The van der Waals surface area contributed by atoms with E-state index in [4.69, 9.17) is 11.6 Å². The molecule has 0 aliphatic heterocycles. The molecular formula is C21H19ClN6O. The van der Waals surface area contributed by atoms with Crippen LogP contribution >= 0.6 is 11.6 Å². The first kappa shape index (κ1) is 18.9. The second-order valence-electron chi connectivity index (χ2n) is 6.80. The number of rotatable bonds is 4. The topological polar surface area (TPSA) is 75.9 Å². The molecule has 0 bridgehead atoms. The largest absolute Gasteiger partial charge is 0.375 e. The van der Waals surface area contributed by atoms with Gasteiger partial charge in [-0.1, -0.05) is 28.9 Å². The molecule has 0 saturated heterocycles. The second-order valence-corrected chi connectivity index (χ2v) is 7.21. The number of anilines is 2. The van der Waals surface area contributed by atoms with Crippen LogP contribution in [0.3, 0.4) is 0 Å². The minimum Gasteiger partial charge on any atom is -0.375 e. The molecule has 0 aliphatic carbocycles. The van der Waals surface area contributed by atoms with Crippen LogP contribution < -0.4 is 10.2 Å². The van der Waals surface area contributed by atoms with Crippen molar-refractivity contribution in [3.8, 4) is 5.69 Å². The van der Waals surface area contributed by atoms with Gasteiger partial charge in [-0.25, -0.2) is 4.68 Å². The van der Waals surface area contributed by atoms with Crippen molar-refractivity contribution in [2.24, 2.45) is 0 Å². The molecule has 0 fully saturated rings. The van der Waals surface area contributed by atoms with E-state index in [1.807, 2.05) is 56.3 Å². The highest BCUT2D eigenvalue weighted by atomic mass is 35.5. The maximum absolute atomic E-state index is 12.9. The molecule has 4 rings (SSSR count). The van der Waals surface area contributed by atoms with Gasteiger partial charge in [-0.2, -0.15) is 0 Å². The molecule has 1 amide bonds. The Hall–Kier alpha value is -3.45. The normalized spacial score (nSPS) is 10.9. The number of carbonyl (C=O) groups is 1. The lowest BCUT2D eigenvalue weighted by molar-refractivity contribution is 0.102. The zero-order chi connectivity index (χ0) is 20.5. The minimum absolute atomic E-state index is 0.251. The van der Waals surface area contributed by atoms with Gasteiger partial charge in [-0.3, -0.25) is 9.78 Å². The molecule has 2 heterocycles. The molecule has 0 saturated carbocycles. The summed E-state index contributed by atoms with van der Waals surface area (Å²) >= 11 is 6.29. The highest BCUT2D eigenvalue weighted by molar-refractivity contribution is 6.34. The Balaban J connectivity index is 1.66. The summed E-state index contributed by atoms with van der Waals surface area (Å²) in [5.41, 5.74) is 3.93. The number of carbonyl (C=O) groups excluding carboxylic acids is 1. The van der Waals surface area contributed by atoms with Crippen LogP contribution in [0.5, 0.6) is 0 Å². The summed E-state index contributed by atoms with van der Waals surface area (Å²) in [6, 6.07) is 15.0. The number of para-hydroxylation sites is 1. The molecule has 0 unspecified atom stereocenters. The molecule has 2 aromatic carbocycles. The molecule has 29 heavy (non-hydrogen) atoms. The SMILES string of the molecule is Cc1c(C(=O)Nc2cccc(Cl)c2N(C)C)nnn1-c1ccc2ncccc2c1. The fourth-order valence-electron chi connectivity index (χ4n) is 3.23. The van der Waals surface area contributed by atoms with Gasteiger partial charge >= 0.3 is 0 Å². The second kappa shape index (κ2) is 7.52. The number of aromatic nitrogens is 4. The van der Waals surface area contributed by atoms with Crippen LogP contribution in [0, 0.1) is 6.92 Å². The molecule has 0 atom stereocenters. The predicted octanol–water partition coefficient (Wildman–Crippen LogP) is 4.10. The van der Waals surface area contributed by atoms with Crippen molar-refractivity contribution in [2.45, 2.75) is 6.92 Å². The predicted molar refractivity (Wildman–Crippen MR) is 115 cm³/mol. The summed E-state index contributed by atoms with van der Waals surface area (Å²) in [5.74, 6) is -0.346. The van der Waals surface area contributed by atoms with Crippen molar-refractivity contribution >= 4 is 39.8 Å². The number of hydrogen-bond donors (Lipinski definition) is 1. The maximum atomic E-state index is 12.9. The van der Waals surface area contributed by atoms with Crippen molar-refractivity contribution in [3.63, 3.8) is 0 Å². The summed E-state index contributed by atoms with van der Waals surface area (Å²) in [4.78, 5) is 19.1. The monoisotopic (exact) mass is 406 g/mol. The van der Waals surface area contributed by atoms with Gasteiger partial charge < -0.3 is 10.2 Å². The first-order valence-corrected chi connectivity index (χ1v) is 9.38. The fraction of sp³-hybridized carbons (Fsp3) is 0.143. The molecular weight excluding hydrogens is 388 g/mol. The number of nitrogens with zero attached hydrogens (tertiary/aromatic N) is 5. The third kappa shape index (κ3) is 3.52. The Morgan fingerprint density at radius 1 is 1.14 bits per heavy atom. The van der Waals surface area contributed by atoms with E-state index in [9.17, 15) is 4.79 Å². The molecule has 0 aliphatic rings. The van der Waals surface area contributed by atoms with Crippen molar-refractivity contribution < 1.29 is 4.79 Å².